The number of pyridine rings is 1. The van der Waals surface area contributed by atoms with E-state index in [0.29, 0.717) is 17.8 Å². The van der Waals surface area contributed by atoms with Crippen molar-refractivity contribution in [2.45, 2.75) is 57.4 Å². The molecule has 0 amide bonds. The summed E-state index contributed by atoms with van der Waals surface area (Å²) in [5, 5.41) is 0.845. The summed E-state index contributed by atoms with van der Waals surface area (Å²) in [6, 6.07) is 11.0. The van der Waals surface area contributed by atoms with Crippen LogP contribution >= 0.6 is 11.6 Å². The lowest BCUT2D eigenvalue weighted by Crippen LogP contribution is -2.33. The van der Waals surface area contributed by atoms with E-state index in [4.69, 9.17) is 16.6 Å². The van der Waals surface area contributed by atoms with E-state index in [1.54, 1.807) is 0 Å². The topological polar surface area (TPSA) is 34.0 Å². The van der Waals surface area contributed by atoms with E-state index in [1.807, 2.05) is 12.4 Å². The minimum atomic E-state index is 0.369. The zero-order valence-electron chi connectivity index (χ0n) is 19.2. The van der Waals surface area contributed by atoms with Crippen molar-refractivity contribution in [2.24, 2.45) is 5.92 Å². The van der Waals surface area contributed by atoms with Crippen molar-refractivity contribution in [3.63, 3.8) is 0 Å². The number of hydrogen-bond donors (Lipinski definition) is 0. The van der Waals surface area contributed by atoms with Crippen LogP contribution in [-0.4, -0.2) is 39.6 Å². The van der Waals surface area contributed by atoms with Crippen LogP contribution in [0.25, 0.3) is 0 Å². The van der Waals surface area contributed by atoms with Crippen molar-refractivity contribution in [3.05, 3.63) is 82.2 Å². The fourth-order valence-electron chi connectivity index (χ4n) is 5.86. The molecule has 5 heteroatoms. The van der Waals surface area contributed by atoms with E-state index in [9.17, 15) is 0 Å². The summed E-state index contributed by atoms with van der Waals surface area (Å²) in [7, 11) is 2.24. The second-order valence-electron chi connectivity index (χ2n) is 9.65. The second kappa shape index (κ2) is 9.36. The van der Waals surface area contributed by atoms with Crippen LogP contribution in [0.15, 0.2) is 48.9 Å². The van der Waals surface area contributed by atoms with Crippen LogP contribution in [0.1, 0.15) is 65.7 Å². The van der Waals surface area contributed by atoms with Crippen LogP contribution in [0, 0.1) is 12.8 Å². The van der Waals surface area contributed by atoms with Gasteiger partial charge in [-0.1, -0.05) is 23.7 Å². The van der Waals surface area contributed by atoms with Crippen molar-refractivity contribution >= 4 is 11.6 Å². The van der Waals surface area contributed by atoms with Crippen molar-refractivity contribution < 1.29 is 0 Å². The number of likely N-dealkylation sites (tertiary alicyclic amines) is 1. The summed E-state index contributed by atoms with van der Waals surface area (Å²) in [5.41, 5.74) is 5.64. The van der Waals surface area contributed by atoms with Gasteiger partial charge in [-0.2, -0.15) is 0 Å². The second-order valence-corrected chi connectivity index (χ2v) is 10.1. The predicted octanol–water partition coefficient (Wildman–Crippen LogP) is 5.83. The fraction of sp³-hybridized carbons (Fsp3) is 0.481. The molecule has 168 valence electrons. The highest BCUT2D eigenvalue weighted by molar-refractivity contribution is 6.30. The lowest BCUT2D eigenvalue weighted by atomic mass is 9.76. The molecule has 0 spiro atoms. The maximum Gasteiger partial charge on any atom is 0.105 e. The van der Waals surface area contributed by atoms with Gasteiger partial charge >= 0.3 is 0 Å². The zero-order valence-corrected chi connectivity index (χ0v) is 19.9. The molecule has 1 saturated heterocycles. The van der Waals surface area contributed by atoms with Crippen LogP contribution in [0.4, 0.5) is 0 Å². The van der Waals surface area contributed by atoms with Gasteiger partial charge in [0.2, 0.25) is 0 Å². The minimum Gasteiger partial charge on any atom is -0.335 e. The molecule has 2 unspecified atom stereocenters. The van der Waals surface area contributed by atoms with Crippen molar-refractivity contribution in [1.82, 2.24) is 19.4 Å². The lowest BCUT2D eigenvalue weighted by Gasteiger charge is -2.35. The van der Waals surface area contributed by atoms with Crippen LogP contribution < -0.4 is 0 Å². The molecule has 0 N–H and O–H groups in total. The molecule has 2 aliphatic rings. The molecule has 3 heterocycles. The summed E-state index contributed by atoms with van der Waals surface area (Å²) < 4.78 is 2.26. The van der Waals surface area contributed by atoms with E-state index in [1.165, 1.54) is 48.3 Å². The monoisotopic (exact) mass is 448 g/mol. The molecular formula is C27H33ClN4. The van der Waals surface area contributed by atoms with E-state index in [2.05, 4.69) is 65.0 Å². The van der Waals surface area contributed by atoms with Gasteiger partial charge in [-0.05, 0) is 106 Å². The molecule has 1 aliphatic heterocycles. The molecule has 0 bridgehead atoms. The van der Waals surface area contributed by atoms with Crippen molar-refractivity contribution in [2.75, 3.05) is 20.1 Å². The molecule has 4 nitrogen and oxygen atoms in total. The molecule has 1 fully saturated rings. The van der Waals surface area contributed by atoms with Gasteiger partial charge in [-0.15, -0.1) is 0 Å². The molecule has 0 radical (unpaired) electrons. The molecule has 3 aromatic rings. The Balaban J connectivity index is 1.49. The highest BCUT2D eigenvalue weighted by Crippen LogP contribution is 2.46. The summed E-state index contributed by atoms with van der Waals surface area (Å²) in [6.45, 7) is 5.42. The molecule has 1 aliphatic carbocycles. The van der Waals surface area contributed by atoms with Gasteiger partial charge in [0.1, 0.15) is 5.82 Å². The predicted molar refractivity (Wildman–Crippen MR) is 130 cm³/mol. The normalized spacial score (nSPS) is 21.7. The van der Waals surface area contributed by atoms with Gasteiger partial charge in [0.25, 0.3) is 0 Å². The number of rotatable bonds is 5. The Morgan fingerprint density at radius 3 is 2.69 bits per heavy atom. The Morgan fingerprint density at radius 2 is 1.91 bits per heavy atom. The third-order valence-corrected chi connectivity index (χ3v) is 7.86. The number of aromatic nitrogens is 3. The Hall–Kier alpha value is -2.17. The molecule has 2 aromatic heterocycles. The standard InChI is InChI=1S/C27H33ClN4/c1-19-29-12-16-32(19)13-4-5-21-17-22-18-23(28)7-8-24(22)26(20-9-14-31(2)15-10-20)27-25(21)6-3-11-30-27/h3,6-8,11-12,16,18,20-21,26H,4-5,9-10,13-15,17H2,1-2H3. The SMILES string of the molecule is Cc1nccn1CCCC1Cc2cc(Cl)ccc2C(C2CCN(C)CC2)c2ncccc21. The first-order valence-electron chi connectivity index (χ1n) is 12.0. The Morgan fingerprint density at radius 1 is 1.06 bits per heavy atom. The number of nitrogens with zero attached hydrogens (tertiary/aromatic N) is 4. The Labute approximate surface area is 196 Å². The molecular weight excluding hydrogens is 416 g/mol. The van der Waals surface area contributed by atoms with E-state index in [0.717, 1.165) is 36.7 Å². The number of piperidine rings is 1. The van der Waals surface area contributed by atoms with Crippen LogP contribution in [0.2, 0.25) is 5.02 Å². The van der Waals surface area contributed by atoms with E-state index in [-0.39, 0.29) is 0 Å². The molecule has 2 atom stereocenters. The van der Waals surface area contributed by atoms with E-state index >= 15 is 0 Å². The quantitative estimate of drug-likeness (QED) is 0.492. The zero-order chi connectivity index (χ0) is 22.1. The highest BCUT2D eigenvalue weighted by Gasteiger charge is 2.35. The van der Waals surface area contributed by atoms with Crippen LogP contribution in [0.3, 0.4) is 0 Å². The number of halogens is 1. The summed E-state index contributed by atoms with van der Waals surface area (Å²) in [6.07, 6.45) is 11.7. The number of aryl methyl sites for hydroxylation is 2. The molecule has 5 rings (SSSR count). The average molecular weight is 449 g/mol. The van der Waals surface area contributed by atoms with Crippen LogP contribution in [0.5, 0.6) is 0 Å². The Kier molecular flexibility index (Phi) is 6.34. The average Bonchev–Trinajstić information content (AvgIpc) is 3.15. The summed E-state index contributed by atoms with van der Waals surface area (Å²) in [4.78, 5) is 11.9. The highest BCUT2D eigenvalue weighted by atomic mass is 35.5. The third-order valence-electron chi connectivity index (χ3n) is 7.62. The number of benzene rings is 1. The van der Waals surface area contributed by atoms with Crippen molar-refractivity contribution in [1.29, 1.82) is 0 Å². The van der Waals surface area contributed by atoms with Gasteiger partial charge in [0.15, 0.2) is 0 Å². The third kappa shape index (κ3) is 4.35. The number of imidazole rings is 1. The lowest BCUT2D eigenvalue weighted by molar-refractivity contribution is 0.206. The van der Waals surface area contributed by atoms with Crippen molar-refractivity contribution in [3.8, 4) is 0 Å². The Bertz CT molecular complexity index is 1070. The van der Waals surface area contributed by atoms with Gasteiger partial charge in [0, 0.05) is 36.1 Å². The first-order chi connectivity index (χ1) is 15.6. The van der Waals surface area contributed by atoms with Gasteiger partial charge in [-0.25, -0.2) is 4.98 Å². The number of fused-ring (bicyclic) bond motifs is 2. The van der Waals surface area contributed by atoms with E-state index < -0.39 is 0 Å². The largest absolute Gasteiger partial charge is 0.335 e. The first kappa shape index (κ1) is 21.7. The first-order valence-corrected chi connectivity index (χ1v) is 12.4. The van der Waals surface area contributed by atoms with Gasteiger partial charge in [0.05, 0.1) is 5.69 Å². The molecule has 1 aromatic carbocycles. The van der Waals surface area contributed by atoms with Gasteiger partial charge < -0.3 is 9.47 Å². The molecule has 32 heavy (non-hydrogen) atoms. The molecule has 0 saturated carbocycles. The fourth-order valence-corrected chi connectivity index (χ4v) is 6.05. The maximum absolute atomic E-state index is 6.50. The van der Waals surface area contributed by atoms with Gasteiger partial charge in [-0.3, -0.25) is 4.98 Å². The smallest absolute Gasteiger partial charge is 0.105 e. The maximum atomic E-state index is 6.50. The number of hydrogen-bond acceptors (Lipinski definition) is 3. The minimum absolute atomic E-state index is 0.369. The summed E-state index contributed by atoms with van der Waals surface area (Å²) in [5.74, 6) is 2.56. The summed E-state index contributed by atoms with van der Waals surface area (Å²) >= 11 is 6.50. The van der Waals surface area contributed by atoms with Crippen LogP contribution in [-0.2, 0) is 13.0 Å².